The van der Waals surface area contributed by atoms with Crippen LogP contribution in [0.25, 0.3) is 11.5 Å². The molecule has 1 aromatic carbocycles. The Morgan fingerprint density at radius 1 is 1.24 bits per heavy atom. The highest BCUT2D eigenvalue weighted by Gasteiger charge is 2.29. The Hall–Kier alpha value is -2.39. The highest BCUT2D eigenvalue weighted by atomic mass is 35.5. The Bertz CT molecular complexity index is 1160. The van der Waals surface area contributed by atoms with Crippen molar-refractivity contribution in [2.75, 3.05) is 4.72 Å². The van der Waals surface area contributed by atoms with Crippen molar-refractivity contribution in [2.45, 2.75) is 58.4 Å². The van der Waals surface area contributed by atoms with Crippen molar-refractivity contribution in [1.82, 2.24) is 19.9 Å². The molecule has 0 unspecified atom stereocenters. The number of anilines is 1. The highest BCUT2D eigenvalue weighted by molar-refractivity contribution is 7.92. The van der Waals surface area contributed by atoms with Gasteiger partial charge in [0.25, 0.3) is 15.9 Å². The molecule has 1 N–H and O–H groups in total. The topological polar surface area (TPSA) is 103 Å². The molecule has 8 nitrogen and oxygen atoms in total. The third-order valence-electron chi connectivity index (χ3n) is 4.37. The van der Waals surface area contributed by atoms with Gasteiger partial charge in [0, 0.05) is 11.4 Å². The molecule has 156 valence electrons. The van der Waals surface area contributed by atoms with Crippen LogP contribution in [0.5, 0.6) is 0 Å². The lowest BCUT2D eigenvalue weighted by atomic mass is 10.1. The standard InChI is InChI=1S/C19H24ClN5O3S/c1-7-16-21-18(28-23-16)14-10-13(20)8-9-15(14)24-29(26,27)17-11(2)22-25(12(17)3)19(4,5)6/h8-10,24H,7H2,1-6H3. The van der Waals surface area contributed by atoms with E-state index in [4.69, 9.17) is 16.1 Å². The number of rotatable bonds is 5. The van der Waals surface area contributed by atoms with Crippen molar-refractivity contribution in [3.05, 3.63) is 40.4 Å². The number of nitrogens with one attached hydrogen (secondary N) is 1. The van der Waals surface area contributed by atoms with Gasteiger partial charge in [0.1, 0.15) is 4.90 Å². The molecule has 0 amide bonds. The van der Waals surface area contributed by atoms with Gasteiger partial charge in [-0.3, -0.25) is 9.40 Å². The zero-order valence-corrected chi connectivity index (χ0v) is 18.8. The minimum absolute atomic E-state index is 0.146. The maximum atomic E-state index is 13.2. The molecular formula is C19H24ClN5O3S. The summed E-state index contributed by atoms with van der Waals surface area (Å²) in [6.45, 7) is 11.2. The van der Waals surface area contributed by atoms with Crippen LogP contribution >= 0.6 is 11.6 Å². The minimum atomic E-state index is -3.92. The van der Waals surface area contributed by atoms with E-state index in [0.717, 1.165) is 0 Å². The number of aryl methyl sites for hydroxylation is 2. The Morgan fingerprint density at radius 2 is 1.93 bits per heavy atom. The zero-order chi connectivity index (χ0) is 21.6. The van der Waals surface area contributed by atoms with E-state index in [0.29, 0.717) is 39.9 Å². The smallest absolute Gasteiger partial charge is 0.265 e. The molecule has 0 atom stereocenters. The summed E-state index contributed by atoms with van der Waals surface area (Å²) in [5, 5.41) is 8.73. The number of nitrogens with zero attached hydrogens (tertiary/aromatic N) is 4. The van der Waals surface area contributed by atoms with Crippen molar-refractivity contribution in [3.8, 4) is 11.5 Å². The van der Waals surface area contributed by atoms with E-state index in [1.54, 1.807) is 36.7 Å². The predicted octanol–water partition coefficient (Wildman–Crippen LogP) is 4.32. The fourth-order valence-electron chi connectivity index (χ4n) is 3.16. The molecule has 2 heterocycles. The van der Waals surface area contributed by atoms with Gasteiger partial charge in [0.05, 0.1) is 28.2 Å². The predicted molar refractivity (Wildman–Crippen MR) is 112 cm³/mol. The van der Waals surface area contributed by atoms with Gasteiger partial charge in [-0.1, -0.05) is 23.7 Å². The highest BCUT2D eigenvalue weighted by Crippen LogP contribution is 2.33. The first-order valence-electron chi connectivity index (χ1n) is 9.16. The maximum absolute atomic E-state index is 13.2. The lowest BCUT2D eigenvalue weighted by Gasteiger charge is -2.21. The first-order valence-corrected chi connectivity index (χ1v) is 11.0. The van der Waals surface area contributed by atoms with Gasteiger partial charge in [0.2, 0.25) is 0 Å². The number of hydrogen-bond acceptors (Lipinski definition) is 6. The number of aromatic nitrogens is 4. The fourth-order valence-corrected chi connectivity index (χ4v) is 4.80. The van der Waals surface area contributed by atoms with Gasteiger partial charge in [-0.15, -0.1) is 0 Å². The van der Waals surface area contributed by atoms with Gasteiger partial charge in [0.15, 0.2) is 5.82 Å². The van der Waals surface area contributed by atoms with Crippen molar-refractivity contribution < 1.29 is 12.9 Å². The Labute approximate surface area is 175 Å². The largest absolute Gasteiger partial charge is 0.334 e. The lowest BCUT2D eigenvalue weighted by molar-refractivity contribution is 0.345. The molecule has 0 bridgehead atoms. The van der Waals surface area contributed by atoms with Crippen molar-refractivity contribution in [3.63, 3.8) is 0 Å². The molecule has 0 spiro atoms. The molecule has 0 fully saturated rings. The van der Waals surface area contributed by atoms with Gasteiger partial charge < -0.3 is 4.52 Å². The van der Waals surface area contributed by atoms with E-state index in [-0.39, 0.29) is 16.3 Å². The third-order valence-corrected chi connectivity index (χ3v) is 6.22. The molecule has 0 aliphatic rings. The monoisotopic (exact) mass is 437 g/mol. The molecule has 0 radical (unpaired) electrons. The van der Waals surface area contributed by atoms with Crippen LogP contribution in [0.15, 0.2) is 27.6 Å². The first kappa shape index (κ1) is 21.3. The molecule has 2 aromatic heterocycles. The third kappa shape index (κ3) is 4.16. The molecular weight excluding hydrogens is 414 g/mol. The van der Waals surface area contributed by atoms with Gasteiger partial charge in [-0.25, -0.2) is 8.42 Å². The van der Waals surface area contributed by atoms with E-state index < -0.39 is 10.0 Å². The normalized spacial score (nSPS) is 12.4. The molecule has 0 saturated carbocycles. The van der Waals surface area contributed by atoms with Crippen LogP contribution in [0.1, 0.15) is 44.9 Å². The lowest BCUT2D eigenvalue weighted by Crippen LogP contribution is -2.25. The van der Waals surface area contributed by atoms with Crippen LogP contribution < -0.4 is 4.72 Å². The van der Waals surface area contributed by atoms with E-state index in [1.807, 2.05) is 27.7 Å². The van der Waals surface area contributed by atoms with Crippen molar-refractivity contribution >= 4 is 27.3 Å². The van der Waals surface area contributed by atoms with Gasteiger partial charge >= 0.3 is 0 Å². The number of benzene rings is 1. The summed E-state index contributed by atoms with van der Waals surface area (Å²) < 4.78 is 36.1. The summed E-state index contributed by atoms with van der Waals surface area (Å²) in [6, 6.07) is 4.76. The summed E-state index contributed by atoms with van der Waals surface area (Å²) in [5.74, 6) is 0.716. The van der Waals surface area contributed by atoms with E-state index in [2.05, 4.69) is 20.0 Å². The fraction of sp³-hybridized carbons (Fsp3) is 0.421. The quantitative estimate of drug-likeness (QED) is 0.637. The zero-order valence-electron chi connectivity index (χ0n) is 17.2. The van der Waals surface area contributed by atoms with Gasteiger partial charge in [-0.05, 0) is 52.8 Å². The molecule has 0 aliphatic heterocycles. The number of sulfonamides is 1. The van der Waals surface area contributed by atoms with Gasteiger partial charge in [-0.2, -0.15) is 10.1 Å². The van der Waals surface area contributed by atoms with Crippen LogP contribution in [-0.4, -0.2) is 28.3 Å². The van der Waals surface area contributed by atoms with E-state index in [9.17, 15) is 8.42 Å². The Kier molecular flexibility index (Phi) is 5.48. The average Bonchev–Trinajstić information content (AvgIpc) is 3.20. The molecule has 3 aromatic rings. The summed E-state index contributed by atoms with van der Waals surface area (Å²) in [5.41, 5.74) is 1.33. The molecule has 0 aliphatic carbocycles. The minimum Gasteiger partial charge on any atom is -0.334 e. The second kappa shape index (κ2) is 7.46. The first-order chi connectivity index (χ1) is 13.4. The Morgan fingerprint density at radius 3 is 2.48 bits per heavy atom. The van der Waals surface area contributed by atoms with E-state index >= 15 is 0 Å². The molecule has 0 saturated heterocycles. The second-order valence-electron chi connectivity index (χ2n) is 7.75. The summed E-state index contributed by atoms with van der Waals surface area (Å²) in [7, 11) is -3.92. The molecule has 10 heteroatoms. The number of halogens is 1. The van der Waals surface area contributed by atoms with Crippen molar-refractivity contribution in [2.24, 2.45) is 0 Å². The summed E-state index contributed by atoms with van der Waals surface area (Å²) in [6.07, 6.45) is 0.593. The van der Waals surface area contributed by atoms with Crippen LogP contribution in [0.3, 0.4) is 0 Å². The summed E-state index contributed by atoms with van der Waals surface area (Å²) >= 11 is 6.12. The van der Waals surface area contributed by atoms with Crippen molar-refractivity contribution in [1.29, 1.82) is 0 Å². The average molecular weight is 438 g/mol. The molecule has 29 heavy (non-hydrogen) atoms. The number of hydrogen-bond donors (Lipinski definition) is 1. The Balaban J connectivity index is 2.08. The van der Waals surface area contributed by atoms with Crippen LogP contribution in [0, 0.1) is 13.8 Å². The van der Waals surface area contributed by atoms with Crippen LogP contribution in [0.4, 0.5) is 5.69 Å². The maximum Gasteiger partial charge on any atom is 0.265 e. The SMILES string of the molecule is CCc1noc(-c2cc(Cl)ccc2NS(=O)(=O)c2c(C)nn(C(C)(C)C)c2C)n1. The van der Waals surface area contributed by atoms with Crippen LogP contribution in [-0.2, 0) is 22.0 Å². The van der Waals surface area contributed by atoms with Crippen LogP contribution in [0.2, 0.25) is 5.02 Å². The summed E-state index contributed by atoms with van der Waals surface area (Å²) in [4.78, 5) is 4.43. The van der Waals surface area contributed by atoms with E-state index in [1.165, 1.54) is 0 Å². The molecule has 3 rings (SSSR count). The second-order valence-corrected chi connectivity index (χ2v) is 9.80.